The number of fused-ring (bicyclic) bond motifs is 2. The first kappa shape index (κ1) is 12.9. The quantitative estimate of drug-likeness (QED) is 0.718. The highest BCUT2D eigenvalue weighted by atomic mass is 16.3. The van der Waals surface area contributed by atoms with Crippen LogP contribution in [0.3, 0.4) is 0 Å². The van der Waals surface area contributed by atoms with Crippen LogP contribution >= 0.6 is 0 Å². The predicted molar refractivity (Wildman–Crippen MR) is 81.7 cm³/mol. The fraction of sp³-hybridized carbons (Fsp3) is 0.421. The molecule has 1 aromatic heterocycles. The molecule has 0 fully saturated rings. The minimum Gasteiger partial charge on any atom is -0.460 e. The van der Waals surface area contributed by atoms with Crippen LogP contribution in [-0.2, 0) is 11.8 Å². The maximum Gasteiger partial charge on any atom is 0.228 e. The zero-order valence-electron chi connectivity index (χ0n) is 13.0. The van der Waals surface area contributed by atoms with Gasteiger partial charge < -0.3 is 4.42 Å². The van der Waals surface area contributed by atoms with Gasteiger partial charge in [-0.3, -0.25) is 4.79 Å². The molecule has 1 aromatic carbocycles. The fourth-order valence-corrected chi connectivity index (χ4v) is 4.53. The number of furan rings is 1. The first-order valence-corrected chi connectivity index (χ1v) is 7.62. The Morgan fingerprint density at radius 1 is 1.19 bits per heavy atom. The summed E-state index contributed by atoms with van der Waals surface area (Å²) in [4.78, 5) is 12.7. The lowest BCUT2D eigenvalue weighted by molar-refractivity contribution is 0.0968. The molecule has 0 spiro atoms. The summed E-state index contributed by atoms with van der Waals surface area (Å²) in [5.41, 5.74) is 4.33. The molecule has 0 amide bonds. The average Bonchev–Trinajstić information content (AvgIpc) is 2.87. The molecule has 4 rings (SSSR count). The second-order valence-corrected chi connectivity index (χ2v) is 7.43. The predicted octanol–water partition coefficient (Wildman–Crippen LogP) is 4.35. The number of benzene rings is 1. The lowest BCUT2D eigenvalue weighted by atomic mass is 9.51. The van der Waals surface area contributed by atoms with Crippen LogP contribution < -0.4 is 0 Å². The molecule has 2 heteroatoms. The van der Waals surface area contributed by atoms with E-state index in [1.807, 2.05) is 18.2 Å². The van der Waals surface area contributed by atoms with Gasteiger partial charge in [0, 0.05) is 16.5 Å². The average molecular weight is 280 g/mol. The Morgan fingerprint density at radius 2 is 1.90 bits per heavy atom. The summed E-state index contributed by atoms with van der Waals surface area (Å²) in [5, 5.41) is 0. The Morgan fingerprint density at radius 3 is 2.67 bits per heavy atom. The highest BCUT2D eigenvalue weighted by Crippen LogP contribution is 2.57. The van der Waals surface area contributed by atoms with E-state index in [0.29, 0.717) is 11.7 Å². The van der Waals surface area contributed by atoms with Gasteiger partial charge in [0.15, 0.2) is 5.76 Å². The summed E-state index contributed by atoms with van der Waals surface area (Å²) in [6.07, 6.45) is 2.78. The highest BCUT2D eigenvalue weighted by molar-refractivity contribution is 6.11. The number of rotatable bonds is 0. The van der Waals surface area contributed by atoms with Crippen LogP contribution in [0.4, 0.5) is 0 Å². The molecule has 0 radical (unpaired) electrons. The van der Waals surface area contributed by atoms with Gasteiger partial charge >= 0.3 is 0 Å². The molecule has 2 aromatic rings. The first-order chi connectivity index (χ1) is 9.87. The van der Waals surface area contributed by atoms with Crippen LogP contribution in [0.1, 0.15) is 60.5 Å². The van der Waals surface area contributed by atoms with Crippen LogP contribution in [0.25, 0.3) is 0 Å². The minimum atomic E-state index is -0.149. The molecule has 21 heavy (non-hydrogen) atoms. The Balaban J connectivity index is 2.13. The van der Waals surface area contributed by atoms with E-state index in [9.17, 15) is 4.79 Å². The van der Waals surface area contributed by atoms with Crippen molar-refractivity contribution < 1.29 is 9.21 Å². The van der Waals surface area contributed by atoms with E-state index in [1.165, 1.54) is 5.56 Å². The number of hydrogen-bond acceptors (Lipinski definition) is 2. The number of carbonyl (C=O) groups excluding carboxylic acids is 1. The van der Waals surface area contributed by atoms with Crippen LogP contribution in [0, 0.1) is 11.3 Å². The smallest absolute Gasteiger partial charge is 0.228 e. The Labute approximate surface area is 125 Å². The molecule has 0 aliphatic heterocycles. The van der Waals surface area contributed by atoms with Crippen LogP contribution in [0.5, 0.6) is 0 Å². The maximum atomic E-state index is 12.7. The molecule has 2 aliphatic rings. The van der Waals surface area contributed by atoms with Gasteiger partial charge in [-0.15, -0.1) is 0 Å². The van der Waals surface area contributed by atoms with Crippen molar-refractivity contribution in [3.63, 3.8) is 0 Å². The third-order valence-electron chi connectivity index (χ3n) is 6.01. The van der Waals surface area contributed by atoms with Crippen molar-refractivity contribution in [2.45, 2.75) is 39.5 Å². The van der Waals surface area contributed by atoms with Crippen molar-refractivity contribution in [1.29, 1.82) is 0 Å². The molecule has 0 unspecified atom stereocenters. The standard InChI is InChI=1S/C19H20O2/c1-11-18(2,3)9-12-10-21-17-15(12)19(11,4)14-8-6-5-7-13(14)16(17)20/h5-8,10-11H,9H2,1-4H3/t11-,19-/m1/s1. The van der Waals surface area contributed by atoms with Gasteiger partial charge in [0.1, 0.15) is 0 Å². The van der Waals surface area contributed by atoms with Gasteiger partial charge in [-0.1, -0.05) is 52.0 Å². The molecule has 108 valence electrons. The van der Waals surface area contributed by atoms with Crippen LogP contribution in [-0.4, -0.2) is 5.78 Å². The molecular weight excluding hydrogens is 260 g/mol. The molecule has 2 atom stereocenters. The van der Waals surface area contributed by atoms with E-state index in [4.69, 9.17) is 4.42 Å². The van der Waals surface area contributed by atoms with Crippen molar-refractivity contribution in [3.05, 3.63) is 58.5 Å². The van der Waals surface area contributed by atoms with Gasteiger partial charge in [-0.25, -0.2) is 0 Å². The van der Waals surface area contributed by atoms with E-state index in [1.54, 1.807) is 6.26 Å². The molecule has 2 nitrogen and oxygen atoms in total. The molecule has 0 saturated heterocycles. The zero-order valence-corrected chi connectivity index (χ0v) is 13.0. The summed E-state index contributed by atoms with van der Waals surface area (Å²) in [5.74, 6) is 1.04. The second-order valence-electron chi connectivity index (χ2n) is 7.43. The first-order valence-electron chi connectivity index (χ1n) is 7.62. The van der Waals surface area contributed by atoms with Gasteiger partial charge in [-0.2, -0.15) is 0 Å². The molecular formula is C19H20O2. The number of carbonyl (C=O) groups is 1. The zero-order chi connectivity index (χ0) is 15.0. The maximum absolute atomic E-state index is 12.7. The van der Waals surface area contributed by atoms with E-state index in [2.05, 4.69) is 33.8 Å². The van der Waals surface area contributed by atoms with Gasteiger partial charge in [0.05, 0.1) is 6.26 Å². The van der Waals surface area contributed by atoms with E-state index >= 15 is 0 Å². The number of ketones is 1. The molecule has 0 N–H and O–H groups in total. The van der Waals surface area contributed by atoms with Gasteiger partial charge in [0.2, 0.25) is 5.78 Å². The van der Waals surface area contributed by atoms with Crippen molar-refractivity contribution in [2.75, 3.05) is 0 Å². The van der Waals surface area contributed by atoms with Gasteiger partial charge in [0.25, 0.3) is 0 Å². The molecule has 0 bridgehead atoms. The normalized spacial score (nSPS) is 29.0. The summed E-state index contributed by atoms with van der Waals surface area (Å²) >= 11 is 0. The molecule has 1 heterocycles. The van der Waals surface area contributed by atoms with Crippen molar-refractivity contribution in [1.82, 2.24) is 0 Å². The summed E-state index contributed by atoms with van der Waals surface area (Å²) in [7, 11) is 0. The fourth-order valence-electron chi connectivity index (χ4n) is 4.53. The largest absolute Gasteiger partial charge is 0.460 e. The van der Waals surface area contributed by atoms with Crippen molar-refractivity contribution >= 4 is 5.78 Å². The van der Waals surface area contributed by atoms with Crippen LogP contribution in [0.2, 0.25) is 0 Å². The Hall–Kier alpha value is -1.83. The van der Waals surface area contributed by atoms with E-state index in [0.717, 1.165) is 23.1 Å². The molecule has 0 saturated carbocycles. The summed E-state index contributed by atoms with van der Waals surface area (Å²) in [6.45, 7) is 9.23. The summed E-state index contributed by atoms with van der Waals surface area (Å²) < 4.78 is 5.71. The monoisotopic (exact) mass is 280 g/mol. The highest BCUT2D eigenvalue weighted by Gasteiger charge is 2.54. The second kappa shape index (κ2) is 3.68. The van der Waals surface area contributed by atoms with Gasteiger partial charge in [-0.05, 0) is 28.9 Å². The third-order valence-corrected chi connectivity index (χ3v) is 6.01. The number of hydrogen-bond donors (Lipinski definition) is 0. The van der Waals surface area contributed by atoms with Crippen molar-refractivity contribution in [2.24, 2.45) is 11.3 Å². The summed E-state index contributed by atoms with van der Waals surface area (Å²) in [6, 6.07) is 8.03. The lowest BCUT2D eigenvalue weighted by Gasteiger charge is -2.51. The topological polar surface area (TPSA) is 30.2 Å². The Bertz CT molecular complexity index is 766. The Kier molecular flexibility index (Phi) is 2.25. The van der Waals surface area contributed by atoms with E-state index < -0.39 is 0 Å². The lowest BCUT2D eigenvalue weighted by Crippen LogP contribution is -2.48. The van der Waals surface area contributed by atoms with Crippen molar-refractivity contribution in [3.8, 4) is 0 Å². The minimum absolute atomic E-state index is 0.0382. The third kappa shape index (κ3) is 1.36. The molecule has 2 aliphatic carbocycles. The van der Waals surface area contributed by atoms with Crippen LogP contribution in [0.15, 0.2) is 34.9 Å². The van der Waals surface area contributed by atoms with E-state index in [-0.39, 0.29) is 16.6 Å². The SMILES string of the molecule is C[C@@H]1C(C)(C)Cc2coc3c2[C@@]1(C)c1ccccc1C3=O.